The van der Waals surface area contributed by atoms with Crippen molar-refractivity contribution in [2.75, 3.05) is 0 Å². The summed E-state index contributed by atoms with van der Waals surface area (Å²) in [4.78, 5) is 10.4. The lowest BCUT2D eigenvalue weighted by molar-refractivity contribution is -0.104. The monoisotopic (exact) mass is 296 g/mol. The summed E-state index contributed by atoms with van der Waals surface area (Å²) in [6.07, 6.45) is 18.9. The van der Waals surface area contributed by atoms with Crippen molar-refractivity contribution >= 4 is 6.29 Å². The van der Waals surface area contributed by atoms with Crippen LogP contribution >= 0.6 is 0 Å². The van der Waals surface area contributed by atoms with Gasteiger partial charge in [-0.05, 0) is 93.6 Å². The second-order valence-corrected chi connectivity index (χ2v) is 6.64. The Balaban J connectivity index is 2.19. The number of carbonyl (C=O) groups is 1. The molecule has 0 N–H and O–H groups in total. The highest BCUT2D eigenvalue weighted by Crippen LogP contribution is 2.38. The molecule has 0 aromatic carbocycles. The second kappa shape index (κ2) is 8.12. The van der Waals surface area contributed by atoms with E-state index in [2.05, 4.69) is 32.1 Å². The Bertz CT molecular complexity index is 567. The van der Waals surface area contributed by atoms with Gasteiger partial charge in [-0.3, -0.25) is 4.79 Å². The lowest BCUT2D eigenvalue weighted by Crippen LogP contribution is -2.09. The quantitative estimate of drug-likeness (QED) is 0.361. The molecule has 0 heterocycles. The molecule has 1 nitrogen and oxygen atoms in total. The van der Waals surface area contributed by atoms with Crippen LogP contribution in [-0.4, -0.2) is 6.29 Å². The molecule has 2 aliphatic rings. The molecule has 0 bridgehead atoms. The van der Waals surface area contributed by atoms with Crippen molar-refractivity contribution in [3.63, 3.8) is 0 Å². The molecule has 2 rings (SSSR count). The van der Waals surface area contributed by atoms with Gasteiger partial charge in [0.2, 0.25) is 0 Å². The van der Waals surface area contributed by atoms with Crippen molar-refractivity contribution in [2.45, 2.75) is 59.3 Å². The van der Waals surface area contributed by atoms with Crippen LogP contribution in [0, 0.1) is 5.92 Å². The third-order valence-electron chi connectivity index (χ3n) is 4.91. The fourth-order valence-corrected chi connectivity index (χ4v) is 3.53. The largest absolute Gasteiger partial charge is 0.299 e. The van der Waals surface area contributed by atoms with Gasteiger partial charge in [0.15, 0.2) is 0 Å². The molecule has 0 radical (unpaired) electrons. The Morgan fingerprint density at radius 2 is 1.86 bits per heavy atom. The van der Waals surface area contributed by atoms with Gasteiger partial charge in [0.05, 0.1) is 0 Å². The number of hydrogen-bond acceptors (Lipinski definition) is 1. The summed E-state index contributed by atoms with van der Waals surface area (Å²) in [5.74, 6) is 0.798. The van der Waals surface area contributed by atoms with E-state index in [-0.39, 0.29) is 0 Å². The number of aldehydes is 1. The predicted molar refractivity (Wildman–Crippen MR) is 94.7 cm³/mol. The highest BCUT2D eigenvalue weighted by Gasteiger charge is 2.22. The predicted octanol–water partition coefficient (Wildman–Crippen LogP) is 5.86. The van der Waals surface area contributed by atoms with Crippen molar-refractivity contribution in [2.24, 2.45) is 5.92 Å². The lowest BCUT2D eigenvalue weighted by Gasteiger charge is -2.24. The average molecular weight is 296 g/mol. The Morgan fingerprint density at radius 1 is 1.14 bits per heavy atom. The first kappa shape index (κ1) is 16.7. The van der Waals surface area contributed by atoms with E-state index in [9.17, 15) is 4.79 Å². The summed E-state index contributed by atoms with van der Waals surface area (Å²) in [6, 6.07) is 0. The molecule has 0 aromatic heterocycles. The molecule has 0 saturated heterocycles. The van der Waals surface area contributed by atoms with E-state index < -0.39 is 0 Å². The number of rotatable bonds is 4. The molecule has 2 aliphatic carbocycles. The third-order valence-corrected chi connectivity index (χ3v) is 4.91. The summed E-state index contributed by atoms with van der Waals surface area (Å²) in [5.41, 5.74) is 7.04. The average Bonchev–Trinajstić information content (AvgIpc) is 2.71. The highest BCUT2D eigenvalue weighted by atomic mass is 16.1. The van der Waals surface area contributed by atoms with E-state index in [1.54, 1.807) is 17.2 Å². The SMILES string of the molecule is CC1=C2C=C(/C(C)=C/C=C/C(C)=C/C=O)CCC[C@H]2CCC1. The van der Waals surface area contributed by atoms with Crippen LogP contribution in [0.4, 0.5) is 0 Å². The van der Waals surface area contributed by atoms with Crippen molar-refractivity contribution in [1.82, 2.24) is 0 Å². The van der Waals surface area contributed by atoms with Crippen LogP contribution in [0.5, 0.6) is 0 Å². The molecule has 22 heavy (non-hydrogen) atoms. The van der Waals surface area contributed by atoms with E-state index >= 15 is 0 Å². The first-order chi connectivity index (χ1) is 10.6. The van der Waals surface area contributed by atoms with Crippen LogP contribution in [0.25, 0.3) is 0 Å². The summed E-state index contributed by atoms with van der Waals surface area (Å²) in [6.45, 7) is 6.46. The van der Waals surface area contributed by atoms with E-state index in [4.69, 9.17) is 0 Å². The van der Waals surface area contributed by atoms with Gasteiger partial charge in [0.1, 0.15) is 6.29 Å². The molecule has 0 spiro atoms. The van der Waals surface area contributed by atoms with Crippen LogP contribution in [-0.2, 0) is 4.79 Å². The van der Waals surface area contributed by atoms with E-state index in [0.717, 1.165) is 17.8 Å². The maximum Gasteiger partial charge on any atom is 0.143 e. The standard InChI is InChI=1S/C21H28O/c1-16(13-14-22)7-4-8-17(2)20-12-6-11-19-10-5-9-18(3)21(19)15-20/h4,7-8,13-15,19H,5-6,9-12H2,1-3H3/b7-4+,16-13+,17-8+/t19-/m1/s1. The molecule has 118 valence electrons. The fourth-order valence-electron chi connectivity index (χ4n) is 3.53. The van der Waals surface area contributed by atoms with Gasteiger partial charge in [-0.15, -0.1) is 0 Å². The molecule has 0 amide bonds. The molecular formula is C21H28O. The smallest absolute Gasteiger partial charge is 0.143 e. The molecular weight excluding hydrogens is 268 g/mol. The maximum atomic E-state index is 10.4. The van der Waals surface area contributed by atoms with Crippen molar-refractivity contribution in [3.8, 4) is 0 Å². The number of fused-ring (bicyclic) bond motifs is 1. The third kappa shape index (κ3) is 4.43. The zero-order valence-electron chi connectivity index (χ0n) is 14.2. The minimum Gasteiger partial charge on any atom is -0.299 e. The zero-order chi connectivity index (χ0) is 15.9. The molecule has 0 aliphatic heterocycles. The molecule has 0 aromatic rings. The Hall–Kier alpha value is -1.63. The van der Waals surface area contributed by atoms with Gasteiger partial charge >= 0.3 is 0 Å². The number of allylic oxidation sites excluding steroid dienone is 10. The normalized spacial score (nSPS) is 24.1. The van der Waals surface area contributed by atoms with Gasteiger partial charge in [0.25, 0.3) is 0 Å². The van der Waals surface area contributed by atoms with E-state index in [1.165, 1.54) is 49.7 Å². The van der Waals surface area contributed by atoms with Crippen LogP contribution in [0.1, 0.15) is 59.3 Å². The molecule has 0 unspecified atom stereocenters. The molecule has 0 fully saturated rings. The Labute approximate surface area is 135 Å². The van der Waals surface area contributed by atoms with Gasteiger partial charge < -0.3 is 0 Å². The minimum atomic E-state index is 0.798. The Morgan fingerprint density at radius 3 is 2.59 bits per heavy atom. The van der Waals surface area contributed by atoms with Crippen LogP contribution in [0.15, 0.2) is 58.2 Å². The first-order valence-electron chi connectivity index (χ1n) is 8.49. The van der Waals surface area contributed by atoms with Crippen molar-refractivity contribution < 1.29 is 4.79 Å². The van der Waals surface area contributed by atoms with Crippen molar-refractivity contribution in [1.29, 1.82) is 0 Å². The van der Waals surface area contributed by atoms with Crippen LogP contribution in [0.2, 0.25) is 0 Å². The maximum absolute atomic E-state index is 10.4. The fraction of sp³-hybridized carbons (Fsp3) is 0.476. The highest BCUT2D eigenvalue weighted by molar-refractivity contribution is 5.67. The molecule has 1 heteroatoms. The number of carbonyl (C=O) groups excluding carboxylic acids is 1. The molecule has 0 saturated carbocycles. The topological polar surface area (TPSA) is 17.1 Å². The molecule has 1 atom stereocenters. The first-order valence-corrected chi connectivity index (χ1v) is 8.49. The summed E-state index contributed by atoms with van der Waals surface area (Å²) < 4.78 is 0. The summed E-state index contributed by atoms with van der Waals surface area (Å²) >= 11 is 0. The van der Waals surface area contributed by atoms with Gasteiger partial charge in [0, 0.05) is 0 Å². The van der Waals surface area contributed by atoms with Crippen LogP contribution < -0.4 is 0 Å². The van der Waals surface area contributed by atoms with E-state index in [1.807, 2.05) is 13.0 Å². The van der Waals surface area contributed by atoms with Crippen LogP contribution in [0.3, 0.4) is 0 Å². The van der Waals surface area contributed by atoms with Gasteiger partial charge in [-0.2, -0.15) is 0 Å². The summed E-state index contributed by atoms with van der Waals surface area (Å²) in [7, 11) is 0. The summed E-state index contributed by atoms with van der Waals surface area (Å²) in [5, 5.41) is 0. The van der Waals surface area contributed by atoms with Crippen molar-refractivity contribution in [3.05, 3.63) is 58.2 Å². The van der Waals surface area contributed by atoms with Gasteiger partial charge in [-0.25, -0.2) is 0 Å². The lowest BCUT2D eigenvalue weighted by atomic mass is 9.81. The second-order valence-electron chi connectivity index (χ2n) is 6.64. The van der Waals surface area contributed by atoms with E-state index in [0.29, 0.717) is 0 Å². The number of hydrogen-bond donors (Lipinski definition) is 0. The Kier molecular flexibility index (Phi) is 6.18. The minimum absolute atomic E-state index is 0.798. The zero-order valence-corrected chi connectivity index (χ0v) is 14.2. The van der Waals surface area contributed by atoms with Gasteiger partial charge in [-0.1, -0.05) is 29.9 Å².